The van der Waals surface area contributed by atoms with E-state index in [1.54, 1.807) is 6.92 Å². The van der Waals surface area contributed by atoms with Crippen molar-refractivity contribution < 1.29 is 29.0 Å². The van der Waals surface area contributed by atoms with Gasteiger partial charge in [0.25, 0.3) is 11.0 Å². The minimum absolute atomic E-state index is 0.0254. The Bertz CT molecular complexity index is 1550. The first-order valence-corrected chi connectivity index (χ1v) is 15.8. The van der Waals surface area contributed by atoms with E-state index in [9.17, 15) is 19.7 Å². The van der Waals surface area contributed by atoms with Crippen LogP contribution in [0.5, 0.6) is 0 Å². The normalized spacial score (nSPS) is 16.0. The highest BCUT2D eigenvalue weighted by Gasteiger charge is 2.49. The molecular formula is C32H39N7O7. The molecule has 5 rings (SSSR count). The Morgan fingerprint density at radius 3 is 2.48 bits per heavy atom. The average molecular weight is 634 g/mol. The minimum Gasteiger partial charge on any atom is -0.434 e. The van der Waals surface area contributed by atoms with Crippen molar-refractivity contribution in [2.24, 2.45) is 4.99 Å². The number of amides is 1. The maximum atomic E-state index is 13.5. The molecule has 0 saturated heterocycles. The number of benzene rings is 2. The summed E-state index contributed by atoms with van der Waals surface area (Å²) >= 11 is 0. The SMILES string of the molecule is CCCCC1=NC2(CCCC2)C(=O)N1Cc1ccc(-c2ccccc2-c2nnn(C(C)OC(=O)OCCCCO[N+](=O)[O-])n2)cc1. The van der Waals surface area contributed by atoms with Crippen LogP contribution in [0.1, 0.15) is 83.4 Å². The predicted molar refractivity (Wildman–Crippen MR) is 167 cm³/mol. The molecular weight excluding hydrogens is 594 g/mol. The number of hydrogen-bond acceptors (Lipinski definition) is 11. The Hall–Kier alpha value is -4.88. The van der Waals surface area contributed by atoms with Crippen LogP contribution < -0.4 is 0 Å². The number of carbonyl (C=O) groups is 2. The predicted octanol–water partition coefficient (Wildman–Crippen LogP) is 5.91. The maximum absolute atomic E-state index is 13.5. The second kappa shape index (κ2) is 14.9. The zero-order chi connectivity index (χ0) is 32.5. The van der Waals surface area contributed by atoms with Crippen LogP contribution in [0.4, 0.5) is 4.79 Å². The summed E-state index contributed by atoms with van der Waals surface area (Å²) in [6.45, 7) is 4.18. The van der Waals surface area contributed by atoms with Gasteiger partial charge in [-0.3, -0.25) is 14.7 Å². The molecule has 1 atom stereocenters. The van der Waals surface area contributed by atoms with E-state index in [0.717, 1.165) is 73.0 Å². The molecule has 0 bridgehead atoms. The summed E-state index contributed by atoms with van der Waals surface area (Å²) in [5.74, 6) is 1.42. The van der Waals surface area contributed by atoms with Crippen molar-refractivity contribution in [2.45, 2.75) is 89.9 Å². The number of unbranched alkanes of at least 4 members (excludes halogenated alkanes) is 2. The van der Waals surface area contributed by atoms with Gasteiger partial charge in [-0.15, -0.1) is 25.1 Å². The molecule has 14 heteroatoms. The lowest BCUT2D eigenvalue weighted by Gasteiger charge is -2.23. The third-order valence-electron chi connectivity index (χ3n) is 8.23. The van der Waals surface area contributed by atoms with Crippen LogP contribution in [-0.2, 0) is 25.7 Å². The van der Waals surface area contributed by atoms with Gasteiger partial charge in [0.1, 0.15) is 11.4 Å². The second-order valence-corrected chi connectivity index (χ2v) is 11.5. The summed E-state index contributed by atoms with van der Waals surface area (Å²) in [5.41, 5.74) is 3.08. The molecule has 0 N–H and O–H groups in total. The number of aromatic nitrogens is 4. The summed E-state index contributed by atoms with van der Waals surface area (Å²) in [5, 5.41) is 22.0. The van der Waals surface area contributed by atoms with Crippen LogP contribution in [-0.4, -0.2) is 66.8 Å². The quantitative estimate of drug-likeness (QED) is 0.0850. The monoisotopic (exact) mass is 633 g/mol. The van der Waals surface area contributed by atoms with Crippen molar-refractivity contribution in [2.75, 3.05) is 13.2 Å². The van der Waals surface area contributed by atoms with Crippen LogP contribution in [0.3, 0.4) is 0 Å². The topological polar surface area (TPSA) is 164 Å². The standard InChI is InChI=1S/C32H39N7O7/c1-3-4-13-28-33-32(18-7-8-19-32)30(40)37(28)22-24-14-16-25(17-15-24)26-11-5-6-12-27(26)29-34-36-38(35-29)23(2)46-31(41)44-20-9-10-21-45-39(42)43/h5-6,11-12,14-17,23H,3-4,7-10,13,18-22H2,1-2H3. The third-order valence-corrected chi connectivity index (χ3v) is 8.23. The van der Waals surface area contributed by atoms with Gasteiger partial charge < -0.3 is 14.3 Å². The Labute approximate surface area is 266 Å². The van der Waals surface area contributed by atoms with E-state index in [0.29, 0.717) is 25.2 Å². The number of amidine groups is 1. The molecule has 1 aliphatic heterocycles. The Morgan fingerprint density at radius 2 is 1.76 bits per heavy atom. The van der Waals surface area contributed by atoms with E-state index < -0.39 is 23.0 Å². The van der Waals surface area contributed by atoms with E-state index in [4.69, 9.17) is 14.5 Å². The highest BCUT2D eigenvalue weighted by Crippen LogP contribution is 2.40. The lowest BCUT2D eigenvalue weighted by Crippen LogP contribution is -2.40. The Morgan fingerprint density at radius 1 is 1.04 bits per heavy atom. The van der Waals surface area contributed by atoms with E-state index >= 15 is 0 Å². The van der Waals surface area contributed by atoms with Gasteiger partial charge in [0.2, 0.25) is 12.1 Å². The number of rotatable bonds is 15. The first kappa shape index (κ1) is 32.5. The Kier molecular flexibility index (Phi) is 10.6. The van der Waals surface area contributed by atoms with E-state index in [2.05, 4.69) is 27.2 Å². The van der Waals surface area contributed by atoms with Gasteiger partial charge in [-0.1, -0.05) is 74.7 Å². The number of aliphatic imine (C=N–C) groups is 1. The molecule has 1 unspecified atom stereocenters. The fourth-order valence-corrected chi connectivity index (χ4v) is 5.81. The summed E-state index contributed by atoms with van der Waals surface area (Å²) in [6, 6.07) is 15.8. The molecule has 1 aromatic heterocycles. The smallest absolute Gasteiger partial charge is 0.434 e. The molecule has 2 aromatic carbocycles. The van der Waals surface area contributed by atoms with Gasteiger partial charge in [0.15, 0.2) is 0 Å². The van der Waals surface area contributed by atoms with Crippen molar-refractivity contribution in [1.29, 1.82) is 0 Å². The van der Waals surface area contributed by atoms with Crippen molar-refractivity contribution >= 4 is 17.9 Å². The lowest BCUT2D eigenvalue weighted by atomic mass is 9.97. The lowest BCUT2D eigenvalue weighted by molar-refractivity contribution is -0.757. The molecule has 2 aliphatic rings. The van der Waals surface area contributed by atoms with E-state index in [-0.39, 0.29) is 19.1 Å². The number of hydrogen-bond donors (Lipinski definition) is 0. The zero-order valence-electron chi connectivity index (χ0n) is 26.2. The molecule has 0 radical (unpaired) electrons. The van der Waals surface area contributed by atoms with Crippen molar-refractivity contribution in [3.8, 4) is 22.5 Å². The van der Waals surface area contributed by atoms with Gasteiger partial charge in [-0.2, -0.15) is 0 Å². The third kappa shape index (κ3) is 7.66. The van der Waals surface area contributed by atoms with Crippen LogP contribution in [0.25, 0.3) is 22.5 Å². The fourth-order valence-electron chi connectivity index (χ4n) is 5.81. The first-order valence-electron chi connectivity index (χ1n) is 15.8. The summed E-state index contributed by atoms with van der Waals surface area (Å²) in [4.78, 5) is 48.1. The summed E-state index contributed by atoms with van der Waals surface area (Å²) < 4.78 is 10.3. The molecule has 1 aliphatic carbocycles. The highest BCUT2D eigenvalue weighted by atomic mass is 16.9. The average Bonchev–Trinajstić information content (AvgIpc) is 3.80. The van der Waals surface area contributed by atoms with Gasteiger partial charge in [0, 0.05) is 12.0 Å². The van der Waals surface area contributed by atoms with Gasteiger partial charge >= 0.3 is 6.16 Å². The molecule has 1 fully saturated rings. The van der Waals surface area contributed by atoms with Crippen LogP contribution in [0.2, 0.25) is 0 Å². The first-order chi connectivity index (χ1) is 22.3. The molecule has 3 aromatic rings. The molecule has 1 saturated carbocycles. The molecule has 14 nitrogen and oxygen atoms in total. The van der Waals surface area contributed by atoms with Gasteiger partial charge in [-0.05, 0) is 60.9 Å². The second-order valence-electron chi connectivity index (χ2n) is 11.5. The highest BCUT2D eigenvalue weighted by molar-refractivity contribution is 6.08. The van der Waals surface area contributed by atoms with E-state index in [1.165, 1.54) is 4.80 Å². The molecule has 46 heavy (non-hydrogen) atoms. The number of nitrogens with zero attached hydrogens (tertiary/aromatic N) is 7. The Balaban J connectivity index is 1.22. The molecule has 1 spiro atoms. The van der Waals surface area contributed by atoms with Crippen molar-refractivity contribution in [3.05, 3.63) is 64.2 Å². The van der Waals surface area contributed by atoms with Crippen molar-refractivity contribution in [3.63, 3.8) is 0 Å². The van der Waals surface area contributed by atoms with Crippen LogP contribution in [0, 0.1) is 10.1 Å². The van der Waals surface area contributed by atoms with Gasteiger partial charge in [-0.25, -0.2) is 4.79 Å². The molecule has 1 amide bonds. The maximum Gasteiger partial charge on any atom is 0.510 e. The number of carbonyl (C=O) groups excluding carboxylic acids is 2. The molecule has 2 heterocycles. The molecule has 244 valence electrons. The largest absolute Gasteiger partial charge is 0.510 e. The van der Waals surface area contributed by atoms with Crippen LogP contribution in [0.15, 0.2) is 53.5 Å². The number of tetrazole rings is 1. The summed E-state index contributed by atoms with van der Waals surface area (Å²) in [6.07, 6.45) is 5.58. The summed E-state index contributed by atoms with van der Waals surface area (Å²) in [7, 11) is 0. The zero-order valence-corrected chi connectivity index (χ0v) is 26.2. The van der Waals surface area contributed by atoms with Crippen molar-refractivity contribution in [1.82, 2.24) is 25.1 Å². The van der Waals surface area contributed by atoms with Crippen LogP contribution >= 0.6 is 0 Å². The fraction of sp³-hybridized carbons (Fsp3) is 0.500. The van der Waals surface area contributed by atoms with E-state index in [1.807, 2.05) is 53.4 Å². The van der Waals surface area contributed by atoms with Gasteiger partial charge in [0.05, 0.1) is 19.8 Å². The minimum atomic E-state index is -0.917. The number of ether oxygens (including phenoxy) is 2.